The van der Waals surface area contributed by atoms with E-state index in [1.807, 2.05) is 13.8 Å². The third-order valence-corrected chi connectivity index (χ3v) is 5.34. The Kier molecular flexibility index (Phi) is 6.92. The molecule has 2 aromatic rings. The summed E-state index contributed by atoms with van der Waals surface area (Å²) in [5.41, 5.74) is 0.321. The van der Waals surface area contributed by atoms with Crippen molar-refractivity contribution in [2.24, 2.45) is 11.8 Å². The van der Waals surface area contributed by atoms with Crippen molar-refractivity contribution < 1.29 is 31.8 Å². The van der Waals surface area contributed by atoms with E-state index >= 15 is 4.39 Å². The van der Waals surface area contributed by atoms with E-state index in [-0.39, 0.29) is 11.7 Å². The molecule has 0 aliphatic heterocycles. The normalized spacial score (nSPS) is 15.1. The SMILES string of the molecule is COC(=O)C(CC(C)C)c1cc(F)c(OCC2CC2)c(-c2ccc(C(F)(F)F)cc2)c1. The van der Waals surface area contributed by atoms with Crippen molar-refractivity contribution in [3.8, 4) is 16.9 Å². The Morgan fingerprint density at radius 1 is 1.13 bits per heavy atom. The molecule has 0 saturated heterocycles. The Bertz CT molecular complexity index is 916. The number of benzene rings is 2. The van der Waals surface area contributed by atoms with Crippen LogP contribution in [0.4, 0.5) is 17.6 Å². The molecule has 2 aromatic carbocycles. The monoisotopic (exact) mass is 438 g/mol. The van der Waals surface area contributed by atoms with Gasteiger partial charge in [-0.15, -0.1) is 0 Å². The summed E-state index contributed by atoms with van der Waals surface area (Å²) in [6.07, 6.45) is -2.01. The lowest BCUT2D eigenvalue weighted by atomic mass is 9.88. The van der Waals surface area contributed by atoms with Gasteiger partial charge in [-0.1, -0.05) is 26.0 Å². The largest absolute Gasteiger partial charge is 0.490 e. The Morgan fingerprint density at radius 2 is 1.77 bits per heavy atom. The van der Waals surface area contributed by atoms with Crippen molar-refractivity contribution in [1.29, 1.82) is 0 Å². The predicted octanol–water partition coefficient (Wildman–Crippen LogP) is 6.60. The van der Waals surface area contributed by atoms with Gasteiger partial charge in [-0.05, 0) is 66.5 Å². The fourth-order valence-electron chi connectivity index (χ4n) is 3.48. The van der Waals surface area contributed by atoms with Crippen LogP contribution in [-0.2, 0) is 15.7 Å². The van der Waals surface area contributed by atoms with Crippen molar-refractivity contribution in [3.63, 3.8) is 0 Å². The van der Waals surface area contributed by atoms with Crippen molar-refractivity contribution >= 4 is 5.97 Å². The molecule has 0 heterocycles. The van der Waals surface area contributed by atoms with Gasteiger partial charge in [0.2, 0.25) is 0 Å². The van der Waals surface area contributed by atoms with Crippen molar-refractivity contribution in [1.82, 2.24) is 0 Å². The number of methoxy groups -OCH3 is 1. The molecule has 0 N–H and O–H groups in total. The molecular weight excluding hydrogens is 412 g/mol. The fraction of sp³-hybridized carbons (Fsp3) is 0.458. The number of carbonyl (C=O) groups excluding carboxylic acids is 1. The van der Waals surface area contributed by atoms with Crippen LogP contribution >= 0.6 is 0 Å². The number of rotatable bonds is 8. The van der Waals surface area contributed by atoms with Crippen LogP contribution in [0.15, 0.2) is 36.4 Å². The van der Waals surface area contributed by atoms with E-state index in [0.29, 0.717) is 35.6 Å². The molecule has 3 rings (SSSR count). The summed E-state index contributed by atoms with van der Waals surface area (Å²) < 4.78 is 64.7. The fourth-order valence-corrected chi connectivity index (χ4v) is 3.48. The van der Waals surface area contributed by atoms with Crippen LogP contribution in [0, 0.1) is 17.7 Å². The first-order valence-corrected chi connectivity index (χ1v) is 10.3. The van der Waals surface area contributed by atoms with Gasteiger partial charge >= 0.3 is 12.1 Å². The van der Waals surface area contributed by atoms with Crippen LogP contribution < -0.4 is 4.74 Å². The number of ether oxygens (including phenoxy) is 2. The van der Waals surface area contributed by atoms with E-state index in [2.05, 4.69) is 0 Å². The van der Waals surface area contributed by atoms with Gasteiger partial charge in [0.1, 0.15) is 0 Å². The molecule has 0 radical (unpaired) electrons. The summed E-state index contributed by atoms with van der Waals surface area (Å²) in [6, 6.07) is 7.38. The maximum Gasteiger partial charge on any atom is 0.416 e. The third-order valence-electron chi connectivity index (χ3n) is 5.34. The first-order chi connectivity index (χ1) is 14.6. The van der Waals surface area contributed by atoms with Crippen LogP contribution in [0.3, 0.4) is 0 Å². The van der Waals surface area contributed by atoms with Crippen LogP contribution in [0.5, 0.6) is 5.75 Å². The summed E-state index contributed by atoms with van der Waals surface area (Å²) in [6.45, 7) is 4.22. The Morgan fingerprint density at radius 3 is 2.29 bits per heavy atom. The lowest BCUT2D eigenvalue weighted by Crippen LogP contribution is -2.17. The average Bonchev–Trinajstić information content (AvgIpc) is 3.54. The molecule has 168 valence electrons. The molecule has 7 heteroatoms. The highest BCUT2D eigenvalue weighted by atomic mass is 19.4. The van der Waals surface area contributed by atoms with Crippen LogP contribution in [0.25, 0.3) is 11.1 Å². The minimum atomic E-state index is -4.47. The topological polar surface area (TPSA) is 35.5 Å². The zero-order valence-electron chi connectivity index (χ0n) is 17.8. The van der Waals surface area contributed by atoms with Gasteiger partial charge in [0, 0.05) is 5.56 Å². The summed E-state index contributed by atoms with van der Waals surface area (Å²) in [7, 11) is 1.27. The van der Waals surface area contributed by atoms with E-state index in [1.54, 1.807) is 6.07 Å². The summed E-state index contributed by atoms with van der Waals surface area (Å²) in [5, 5.41) is 0. The Balaban J connectivity index is 2.07. The van der Waals surface area contributed by atoms with Crippen LogP contribution in [0.2, 0.25) is 0 Å². The van der Waals surface area contributed by atoms with Crippen molar-refractivity contribution in [2.45, 2.75) is 45.2 Å². The van der Waals surface area contributed by atoms with E-state index in [4.69, 9.17) is 9.47 Å². The number of carbonyl (C=O) groups is 1. The maximum absolute atomic E-state index is 15.1. The highest BCUT2D eigenvalue weighted by molar-refractivity contribution is 5.80. The summed E-state index contributed by atoms with van der Waals surface area (Å²) >= 11 is 0. The standard InChI is InChI=1S/C24H26F4O3/c1-14(2)10-20(23(29)30-3)17-11-19(16-6-8-18(9-7-16)24(26,27)28)22(21(25)12-17)31-13-15-4-5-15/h6-9,11-12,14-15,20H,4-5,10,13H2,1-3H3. The minimum Gasteiger partial charge on any atom is -0.490 e. The van der Waals surface area contributed by atoms with E-state index in [1.165, 1.54) is 25.3 Å². The molecule has 31 heavy (non-hydrogen) atoms. The molecule has 1 aliphatic carbocycles. The Labute approximate surface area is 179 Å². The van der Waals surface area contributed by atoms with Gasteiger partial charge in [0.25, 0.3) is 0 Å². The molecule has 0 amide bonds. The summed E-state index contributed by atoms with van der Waals surface area (Å²) in [5.74, 6) is -1.33. The summed E-state index contributed by atoms with van der Waals surface area (Å²) in [4.78, 5) is 12.4. The molecular formula is C24H26F4O3. The second-order valence-corrected chi connectivity index (χ2v) is 8.41. The lowest BCUT2D eigenvalue weighted by molar-refractivity contribution is -0.143. The third kappa shape index (κ3) is 5.77. The number of hydrogen-bond acceptors (Lipinski definition) is 3. The predicted molar refractivity (Wildman–Crippen MR) is 109 cm³/mol. The van der Waals surface area contributed by atoms with Gasteiger partial charge in [-0.25, -0.2) is 4.39 Å². The smallest absolute Gasteiger partial charge is 0.416 e. The quantitative estimate of drug-likeness (QED) is 0.344. The number of halogens is 4. The first kappa shape index (κ1) is 23.1. The van der Waals surface area contributed by atoms with Gasteiger partial charge in [0.15, 0.2) is 11.6 Å². The zero-order valence-corrected chi connectivity index (χ0v) is 17.8. The molecule has 3 nitrogen and oxygen atoms in total. The number of hydrogen-bond donors (Lipinski definition) is 0. The van der Waals surface area contributed by atoms with Gasteiger partial charge < -0.3 is 9.47 Å². The molecule has 1 fully saturated rings. The molecule has 0 aromatic heterocycles. The van der Waals surface area contributed by atoms with Crippen molar-refractivity contribution in [2.75, 3.05) is 13.7 Å². The second-order valence-electron chi connectivity index (χ2n) is 8.41. The number of esters is 1. The van der Waals surface area contributed by atoms with Crippen molar-refractivity contribution in [3.05, 3.63) is 53.3 Å². The average molecular weight is 438 g/mol. The molecule has 1 aliphatic rings. The van der Waals surface area contributed by atoms with Gasteiger partial charge in [-0.2, -0.15) is 13.2 Å². The molecule has 1 unspecified atom stereocenters. The maximum atomic E-state index is 15.1. The molecule has 1 saturated carbocycles. The Hall–Kier alpha value is -2.57. The second kappa shape index (κ2) is 9.28. The zero-order chi connectivity index (χ0) is 22.8. The first-order valence-electron chi connectivity index (χ1n) is 10.3. The van der Waals surface area contributed by atoms with Crippen LogP contribution in [0.1, 0.15) is 50.2 Å². The molecule has 0 spiro atoms. The van der Waals surface area contributed by atoms with E-state index in [0.717, 1.165) is 25.0 Å². The minimum absolute atomic E-state index is 0.0106. The number of alkyl halides is 3. The van der Waals surface area contributed by atoms with E-state index in [9.17, 15) is 18.0 Å². The van der Waals surface area contributed by atoms with E-state index < -0.39 is 29.4 Å². The lowest BCUT2D eigenvalue weighted by Gasteiger charge is -2.20. The molecule has 0 bridgehead atoms. The van der Waals surface area contributed by atoms with Crippen LogP contribution in [-0.4, -0.2) is 19.7 Å². The highest BCUT2D eigenvalue weighted by Gasteiger charge is 2.31. The van der Waals surface area contributed by atoms with Gasteiger partial charge in [-0.3, -0.25) is 4.79 Å². The van der Waals surface area contributed by atoms with Gasteiger partial charge in [0.05, 0.1) is 25.2 Å². The highest BCUT2D eigenvalue weighted by Crippen LogP contribution is 2.40. The molecule has 1 atom stereocenters.